The first-order valence-corrected chi connectivity index (χ1v) is 13.0. The van der Waals surface area contributed by atoms with Gasteiger partial charge in [0.2, 0.25) is 0 Å². The largest absolute Gasteiger partial charge is 0.416 e. The van der Waals surface area contributed by atoms with Crippen LogP contribution in [0.1, 0.15) is 40.3 Å². The summed E-state index contributed by atoms with van der Waals surface area (Å²) < 4.78 is 52.9. The predicted octanol–water partition coefficient (Wildman–Crippen LogP) is 5.45. The van der Waals surface area contributed by atoms with E-state index in [0.717, 1.165) is 30.5 Å². The maximum atomic E-state index is 13.5. The van der Waals surface area contributed by atoms with Gasteiger partial charge >= 0.3 is 6.18 Å². The molecule has 12 heteroatoms. The number of ether oxygens (including phenoxy) is 1. The minimum absolute atomic E-state index is 0.0442. The van der Waals surface area contributed by atoms with Gasteiger partial charge in [-0.25, -0.2) is 0 Å². The molecular formula is C26H24F3N5O3S. The molecule has 1 fully saturated rings. The Labute approximate surface area is 220 Å². The third kappa shape index (κ3) is 5.60. The van der Waals surface area contributed by atoms with Gasteiger partial charge in [0.1, 0.15) is 17.0 Å². The lowest BCUT2D eigenvalue weighted by Crippen LogP contribution is -2.25. The van der Waals surface area contributed by atoms with Crippen LogP contribution >= 0.6 is 11.8 Å². The minimum Gasteiger partial charge on any atom is -0.377 e. The number of alkyl halides is 3. The molecule has 2 aromatic heterocycles. The van der Waals surface area contributed by atoms with Crippen molar-refractivity contribution >= 4 is 17.7 Å². The van der Waals surface area contributed by atoms with E-state index in [2.05, 4.69) is 20.7 Å². The molecule has 3 heterocycles. The predicted molar refractivity (Wildman–Crippen MR) is 134 cm³/mol. The van der Waals surface area contributed by atoms with E-state index in [1.54, 1.807) is 13.0 Å². The zero-order valence-corrected chi connectivity index (χ0v) is 21.2. The van der Waals surface area contributed by atoms with Crippen molar-refractivity contribution in [1.82, 2.24) is 25.2 Å². The highest BCUT2D eigenvalue weighted by Gasteiger charge is 2.31. The molecule has 1 amide bonds. The first-order chi connectivity index (χ1) is 18.3. The summed E-state index contributed by atoms with van der Waals surface area (Å²) in [6, 6.07) is 14.1. The van der Waals surface area contributed by atoms with Gasteiger partial charge in [0.05, 0.1) is 23.9 Å². The van der Waals surface area contributed by atoms with Crippen LogP contribution in [0.3, 0.4) is 0 Å². The molecule has 38 heavy (non-hydrogen) atoms. The number of rotatable bonds is 8. The zero-order valence-electron chi connectivity index (χ0n) is 20.4. The number of thioether (sulfide) groups is 1. The van der Waals surface area contributed by atoms with Crippen molar-refractivity contribution in [3.63, 3.8) is 0 Å². The maximum absolute atomic E-state index is 13.5. The van der Waals surface area contributed by atoms with Gasteiger partial charge in [0.15, 0.2) is 11.0 Å². The summed E-state index contributed by atoms with van der Waals surface area (Å²) in [6.45, 7) is 2.25. The molecule has 4 aromatic rings. The Morgan fingerprint density at radius 3 is 2.71 bits per heavy atom. The summed E-state index contributed by atoms with van der Waals surface area (Å²) in [6.07, 6.45) is -2.59. The number of nitrogens with one attached hydrogen (secondary N) is 1. The van der Waals surface area contributed by atoms with Crippen LogP contribution in [-0.2, 0) is 17.5 Å². The number of nitrogens with zero attached hydrogens (tertiary/aromatic N) is 4. The van der Waals surface area contributed by atoms with Gasteiger partial charge in [0, 0.05) is 17.9 Å². The van der Waals surface area contributed by atoms with E-state index in [-0.39, 0.29) is 29.7 Å². The molecule has 2 aromatic carbocycles. The Morgan fingerprint density at radius 2 is 1.97 bits per heavy atom. The molecule has 1 N–H and O–H groups in total. The highest BCUT2D eigenvalue weighted by Crippen LogP contribution is 2.32. The fourth-order valence-electron chi connectivity index (χ4n) is 4.21. The quantitative estimate of drug-likeness (QED) is 0.295. The minimum atomic E-state index is -4.51. The average molecular weight is 544 g/mol. The standard InChI is InChI=1S/C26H24F3N5O3S/c1-16-22(23(33-37-16)17-7-3-2-4-8-17)24(35)30-14-21-31-32-25(38-15-20-11-6-12-36-20)34(21)19-10-5-9-18(13-19)26(27,28)29/h2-5,7-10,13,20H,6,11-12,14-15H2,1H3,(H,30,35)/t20-/m1/s1. The number of halogens is 3. The lowest BCUT2D eigenvalue weighted by atomic mass is 10.1. The molecule has 0 bridgehead atoms. The third-order valence-corrected chi connectivity index (χ3v) is 7.16. The maximum Gasteiger partial charge on any atom is 0.416 e. The fraction of sp³-hybridized carbons (Fsp3) is 0.308. The van der Waals surface area contributed by atoms with Crippen LogP contribution in [0.15, 0.2) is 64.3 Å². The van der Waals surface area contributed by atoms with Gasteiger partial charge in [-0.3, -0.25) is 9.36 Å². The fourth-order valence-corrected chi connectivity index (χ4v) is 5.25. The summed E-state index contributed by atoms with van der Waals surface area (Å²) >= 11 is 1.35. The number of hydrogen-bond acceptors (Lipinski definition) is 7. The Bertz CT molecular complexity index is 1420. The summed E-state index contributed by atoms with van der Waals surface area (Å²) in [4.78, 5) is 13.2. The Morgan fingerprint density at radius 1 is 1.16 bits per heavy atom. The number of aromatic nitrogens is 4. The van der Waals surface area contributed by atoms with Crippen LogP contribution in [0.2, 0.25) is 0 Å². The summed E-state index contributed by atoms with van der Waals surface area (Å²) in [7, 11) is 0. The van der Waals surface area contributed by atoms with E-state index in [9.17, 15) is 18.0 Å². The number of hydrogen-bond donors (Lipinski definition) is 1. The molecule has 0 radical (unpaired) electrons. The number of amides is 1. The normalized spacial score (nSPS) is 15.6. The molecule has 0 aliphatic carbocycles. The Balaban J connectivity index is 1.42. The molecular weight excluding hydrogens is 519 g/mol. The number of carbonyl (C=O) groups is 1. The first kappa shape index (κ1) is 26.0. The van der Waals surface area contributed by atoms with Crippen LogP contribution in [0, 0.1) is 6.92 Å². The second-order valence-corrected chi connectivity index (χ2v) is 9.73. The van der Waals surface area contributed by atoms with Gasteiger partial charge in [-0.15, -0.1) is 10.2 Å². The first-order valence-electron chi connectivity index (χ1n) is 12.0. The van der Waals surface area contributed by atoms with E-state index in [0.29, 0.717) is 29.0 Å². The van der Waals surface area contributed by atoms with Crippen molar-refractivity contribution in [2.75, 3.05) is 12.4 Å². The van der Waals surface area contributed by atoms with E-state index in [1.165, 1.54) is 22.4 Å². The van der Waals surface area contributed by atoms with Crippen LogP contribution < -0.4 is 5.32 Å². The molecule has 8 nitrogen and oxygen atoms in total. The highest BCUT2D eigenvalue weighted by molar-refractivity contribution is 7.99. The zero-order chi connectivity index (χ0) is 26.7. The molecule has 0 saturated carbocycles. The number of benzene rings is 2. The van der Waals surface area contributed by atoms with Crippen molar-refractivity contribution in [3.05, 3.63) is 77.3 Å². The highest BCUT2D eigenvalue weighted by atomic mass is 32.2. The van der Waals surface area contributed by atoms with Crippen molar-refractivity contribution in [3.8, 4) is 16.9 Å². The molecule has 1 aliphatic rings. The topological polar surface area (TPSA) is 95.1 Å². The van der Waals surface area contributed by atoms with Crippen LogP contribution in [0.5, 0.6) is 0 Å². The SMILES string of the molecule is Cc1onc(-c2ccccc2)c1C(=O)NCc1nnc(SC[C@H]2CCCO2)n1-c1cccc(C(F)(F)F)c1. The smallest absolute Gasteiger partial charge is 0.377 e. The molecule has 0 spiro atoms. The van der Waals surface area contributed by atoms with Gasteiger partial charge < -0.3 is 14.6 Å². The second kappa shape index (κ2) is 11.0. The summed E-state index contributed by atoms with van der Waals surface area (Å²) in [5, 5.41) is 15.7. The number of aryl methyl sites for hydroxylation is 1. The second-order valence-electron chi connectivity index (χ2n) is 8.74. The Hall–Kier alpha value is -3.64. The van der Waals surface area contributed by atoms with Gasteiger partial charge in [-0.2, -0.15) is 13.2 Å². The van der Waals surface area contributed by atoms with Gasteiger partial charge in [-0.1, -0.05) is 53.3 Å². The molecule has 0 unspecified atom stereocenters. The number of carbonyl (C=O) groups excluding carboxylic acids is 1. The lowest BCUT2D eigenvalue weighted by Gasteiger charge is -2.14. The molecule has 198 valence electrons. The van der Waals surface area contributed by atoms with Crippen LogP contribution in [0.4, 0.5) is 13.2 Å². The Kier molecular flexibility index (Phi) is 7.52. The molecule has 1 aliphatic heterocycles. The van der Waals surface area contributed by atoms with E-state index in [4.69, 9.17) is 9.26 Å². The van der Waals surface area contributed by atoms with Crippen LogP contribution in [0.25, 0.3) is 16.9 Å². The van der Waals surface area contributed by atoms with Crippen molar-refractivity contribution in [2.24, 2.45) is 0 Å². The molecule has 5 rings (SSSR count). The van der Waals surface area contributed by atoms with Crippen molar-refractivity contribution in [1.29, 1.82) is 0 Å². The van der Waals surface area contributed by atoms with Crippen LogP contribution in [-0.4, -0.2) is 44.3 Å². The lowest BCUT2D eigenvalue weighted by molar-refractivity contribution is -0.137. The monoisotopic (exact) mass is 543 g/mol. The van der Waals surface area contributed by atoms with E-state index < -0.39 is 17.6 Å². The van der Waals surface area contributed by atoms with E-state index >= 15 is 0 Å². The van der Waals surface area contributed by atoms with E-state index in [1.807, 2.05) is 30.3 Å². The molecule has 1 saturated heterocycles. The molecule has 1 atom stereocenters. The van der Waals surface area contributed by atoms with Crippen molar-refractivity contribution in [2.45, 2.75) is 43.7 Å². The van der Waals surface area contributed by atoms with Gasteiger partial charge in [-0.05, 0) is 38.0 Å². The average Bonchev–Trinajstić information content (AvgIpc) is 3.66. The van der Waals surface area contributed by atoms with Gasteiger partial charge in [0.25, 0.3) is 5.91 Å². The summed E-state index contributed by atoms with van der Waals surface area (Å²) in [5.41, 5.74) is 0.841. The summed E-state index contributed by atoms with van der Waals surface area (Å²) in [5.74, 6) is 0.759. The van der Waals surface area contributed by atoms with Crippen molar-refractivity contribution < 1.29 is 27.2 Å². The third-order valence-electron chi connectivity index (χ3n) is 6.10.